The van der Waals surface area contributed by atoms with E-state index in [1.807, 2.05) is 24.3 Å². The predicted octanol–water partition coefficient (Wildman–Crippen LogP) is 1.33. The largest absolute Gasteiger partial charge is 0.375 e. The Morgan fingerprint density at radius 2 is 2.19 bits per heavy atom. The predicted molar refractivity (Wildman–Crippen MR) is 71.2 cm³/mol. The van der Waals surface area contributed by atoms with E-state index in [1.165, 1.54) is 6.08 Å². The van der Waals surface area contributed by atoms with Crippen LogP contribution in [-0.4, -0.2) is 11.0 Å². The summed E-state index contributed by atoms with van der Waals surface area (Å²) in [6.07, 6.45) is 3.06. The van der Waals surface area contributed by atoms with E-state index >= 15 is 0 Å². The maximum Gasteiger partial charge on any atom is 0.262 e. The van der Waals surface area contributed by atoms with Crippen LogP contribution >= 0.6 is 28.1 Å². The number of nitrogens with two attached hydrogens (primary N) is 1. The molecule has 84 valence electrons. The first-order valence-corrected chi connectivity index (χ1v) is 5.57. The maximum absolute atomic E-state index is 11.2. The fourth-order valence-corrected chi connectivity index (χ4v) is 1.42. The fourth-order valence-electron chi connectivity index (χ4n) is 0.947. The highest BCUT2D eigenvalue weighted by molar-refractivity contribution is 9.10. The standard InChI is InChI=1S/C10H10BrN3OS/c11-8-3-1-2-7(6-8)4-5-9(15)13-14-10(12)16/h1-6H,(H,13,15)(H3,12,14,16)/b5-4+. The smallest absolute Gasteiger partial charge is 0.262 e. The molecule has 1 aromatic rings. The van der Waals surface area contributed by atoms with Crippen LogP contribution in [0.15, 0.2) is 34.8 Å². The number of thiocarbonyl (C=S) groups is 1. The highest BCUT2D eigenvalue weighted by Crippen LogP contribution is 2.12. The third-order valence-electron chi connectivity index (χ3n) is 1.58. The van der Waals surface area contributed by atoms with Crippen molar-refractivity contribution in [2.24, 2.45) is 5.73 Å². The van der Waals surface area contributed by atoms with Crippen molar-refractivity contribution in [2.45, 2.75) is 0 Å². The average molecular weight is 300 g/mol. The molecule has 0 saturated heterocycles. The van der Waals surface area contributed by atoms with Crippen LogP contribution in [0.4, 0.5) is 0 Å². The normalized spacial score (nSPS) is 10.1. The van der Waals surface area contributed by atoms with Crippen molar-refractivity contribution < 1.29 is 4.79 Å². The summed E-state index contributed by atoms with van der Waals surface area (Å²) < 4.78 is 0.955. The van der Waals surface area contributed by atoms with E-state index in [0.29, 0.717) is 0 Å². The molecular weight excluding hydrogens is 290 g/mol. The molecule has 0 aliphatic rings. The Hall–Kier alpha value is -1.40. The van der Waals surface area contributed by atoms with E-state index in [2.05, 4.69) is 39.0 Å². The summed E-state index contributed by atoms with van der Waals surface area (Å²) in [6.45, 7) is 0. The summed E-state index contributed by atoms with van der Waals surface area (Å²) in [5, 5.41) is 0.0178. The van der Waals surface area contributed by atoms with Gasteiger partial charge in [-0.1, -0.05) is 28.1 Å². The summed E-state index contributed by atoms with van der Waals surface area (Å²) in [6, 6.07) is 7.57. The Balaban J connectivity index is 2.53. The third-order valence-corrected chi connectivity index (χ3v) is 2.18. The van der Waals surface area contributed by atoms with Crippen molar-refractivity contribution in [3.8, 4) is 0 Å². The molecule has 4 nitrogen and oxygen atoms in total. The molecule has 0 fully saturated rings. The number of carbonyl (C=O) groups is 1. The minimum Gasteiger partial charge on any atom is -0.375 e. The second kappa shape index (κ2) is 6.24. The van der Waals surface area contributed by atoms with E-state index in [4.69, 9.17) is 5.73 Å². The topological polar surface area (TPSA) is 67.2 Å². The van der Waals surface area contributed by atoms with E-state index in [-0.39, 0.29) is 11.0 Å². The van der Waals surface area contributed by atoms with Gasteiger partial charge in [-0.2, -0.15) is 0 Å². The number of hydrogen-bond acceptors (Lipinski definition) is 2. The first-order valence-electron chi connectivity index (χ1n) is 4.37. The van der Waals surface area contributed by atoms with Gasteiger partial charge >= 0.3 is 0 Å². The van der Waals surface area contributed by atoms with Crippen molar-refractivity contribution in [1.82, 2.24) is 10.9 Å². The maximum atomic E-state index is 11.2. The minimum atomic E-state index is -0.326. The lowest BCUT2D eigenvalue weighted by Crippen LogP contribution is -2.43. The molecule has 1 amide bonds. The minimum absolute atomic E-state index is 0.0178. The lowest BCUT2D eigenvalue weighted by atomic mass is 10.2. The van der Waals surface area contributed by atoms with Crippen LogP contribution in [0.2, 0.25) is 0 Å². The van der Waals surface area contributed by atoms with Gasteiger partial charge in [-0.05, 0) is 36.0 Å². The fraction of sp³-hybridized carbons (Fsp3) is 0. The van der Waals surface area contributed by atoms with Gasteiger partial charge in [0.15, 0.2) is 5.11 Å². The highest BCUT2D eigenvalue weighted by atomic mass is 79.9. The summed E-state index contributed by atoms with van der Waals surface area (Å²) in [5.41, 5.74) is 10.7. The first kappa shape index (κ1) is 12.7. The third kappa shape index (κ3) is 4.90. The Morgan fingerprint density at radius 3 is 2.81 bits per heavy atom. The van der Waals surface area contributed by atoms with Gasteiger partial charge in [0.1, 0.15) is 0 Å². The summed E-state index contributed by atoms with van der Waals surface area (Å²) in [7, 11) is 0. The van der Waals surface area contributed by atoms with Crippen molar-refractivity contribution in [3.63, 3.8) is 0 Å². The number of rotatable bonds is 2. The van der Waals surface area contributed by atoms with Gasteiger partial charge in [-0.25, -0.2) is 0 Å². The van der Waals surface area contributed by atoms with Gasteiger partial charge < -0.3 is 5.73 Å². The lowest BCUT2D eigenvalue weighted by molar-refractivity contribution is -0.116. The number of hydrogen-bond donors (Lipinski definition) is 3. The molecule has 0 aliphatic carbocycles. The zero-order valence-electron chi connectivity index (χ0n) is 8.24. The molecule has 0 heterocycles. The molecule has 0 unspecified atom stereocenters. The van der Waals surface area contributed by atoms with Crippen LogP contribution in [0, 0.1) is 0 Å². The van der Waals surface area contributed by atoms with Crippen LogP contribution in [0.25, 0.3) is 6.08 Å². The van der Waals surface area contributed by atoms with Crippen molar-refractivity contribution in [3.05, 3.63) is 40.4 Å². The van der Waals surface area contributed by atoms with Crippen LogP contribution in [0.1, 0.15) is 5.56 Å². The van der Waals surface area contributed by atoms with Crippen LogP contribution in [0.3, 0.4) is 0 Å². The molecule has 0 saturated carbocycles. The zero-order valence-corrected chi connectivity index (χ0v) is 10.6. The number of amides is 1. The van der Waals surface area contributed by atoms with Crippen LogP contribution in [-0.2, 0) is 4.79 Å². The molecule has 1 rings (SSSR count). The molecular formula is C10H10BrN3OS. The van der Waals surface area contributed by atoms with E-state index in [0.717, 1.165) is 10.0 Å². The molecule has 0 atom stereocenters. The Morgan fingerprint density at radius 1 is 1.44 bits per heavy atom. The van der Waals surface area contributed by atoms with Gasteiger partial charge in [0.2, 0.25) is 0 Å². The molecule has 6 heteroatoms. The molecule has 0 bridgehead atoms. The van der Waals surface area contributed by atoms with Gasteiger partial charge in [-0.3, -0.25) is 15.6 Å². The average Bonchev–Trinajstić information content (AvgIpc) is 2.23. The monoisotopic (exact) mass is 299 g/mol. The molecule has 0 aliphatic heterocycles. The van der Waals surface area contributed by atoms with E-state index < -0.39 is 0 Å². The number of halogens is 1. The second-order valence-electron chi connectivity index (χ2n) is 2.87. The molecule has 0 aromatic heterocycles. The first-order chi connectivity index (χ1) is 7.58. The van der Waals surface area contributed by atoms with E-state index in [9.17, 15) is 4.79 Å². The van der Waals surface area contributed by atoms with Crippen molar-refractivity contribution in [2.75, 3.05) is 0 Å². The lowest BCUT2D eigenvalue weighted by Gasteiger charge is -2.02. The van der Waals surface area contributed by atoms with Gasteiger partial charge in [0, 0.05) is 10.5 Å². The Kier molecular flexibility index (Phi) is 4.94. The summed E-state index contributed by atoms with van der Waals surface area (Å²) >= 11 is 7.87. The molecule has 0 spiro atoms. The zero-order chi connectivity index (χ0) is 12.0. The van der Waals surface area contributed by atoms with Gasteiger partial charge in [0.25, 0.3) is 5.91 Å². The van der Waals surface area contributed by atoms with Crippen molar-refractivity contribution >= 4 is 45.2 Å². The molecule has 0 radical (unpaired) electrons. The Labute approximate surface area is 107 Å². The van der Waals surface area contributed by atoms with Crippen LogP contribution in [0.5, 0.6) is 0 Å². The van der Waals surface area contributed by atoms with Gasteiger partial charge in [-0.15, -0.1) is 0 Å². The van der Waals surface area contributed by atoms with Crippen molar-refractivity contribution in [1.29, 1.82) is 0 Å². The SMILES string of the molecule is NC(=S)NNC(=O)/C=C/c1cccc(Br)c1. The summed E-state index contributed by atoms with van der Waals surface area (Å²) in [5.74, 6) is -0.326. The number of hydrazine groups is 1. The van der Waals surface area contributed by atoms with Gasteiger partial charge in [0.05, 0.1) is 0 Å². The Bertz CT molecular complexity index is 434. The van der Waals surface area contributed by atoms with Crippen LogP contribution < -0.4 is 16.6 Å². The molecule has 1 aromatic carbocycles. The number of nitrogens with one attached hydrogen (secondary N) is 2. The number of benzene rings is 1. The molecule has 4 N–H and O–H groups in total. The number of carbonyl (C=O) groups excluding carboxylic acids is 1. The second-order valence-corrected chi connectivity index (χ2v) is 4.22. The molecule has 16 heavy (non-hydrogen) atoms. The van der Waals surface area contributed by atoms with E-state index in [1.54, 1.807) is 6.08 Å². The quantitative estimate of drug-likeness (QED) is 0.438. The highest BCUT2D eigenvalue weighted by Gasteiger charge is 1.94. The summed E-state index contributed by atoms with van der Waals surface area (Å²) in [4.78, 5) is 11.2.